The fraction of sp³-hybridized carbons (Fsp3) is 0.214. The third kappa shape index (κ3) is 5.65. The second kappa shape index (κ2) is 10.8. The molecule has 0 aliphatic rings. The van der Waals surface area contributed by atoms with Gasteiger partial charge >= 0.3 is 24.4 Å². The number of oxazole rings is 2. The summed E-state index contributed by atoms with van der Waals surface area (Å²) in [6, 6.07) is 9.09. The van der Waals surface area contributed by atoms with E-state index in [0.29, 0.717) is 0 Å². The highest BCUT2D eigenvalue weighted by molar-refractivity contribution is 5.83. The van der Waals surface area contributed by atoms with E-state index in [0.717, 1.165) is 24.3 Å². The first kappa shape index (κ1) is 29.4. The van der Waals surface area contributed by atoms with Crippen LogP contribution in [0.2, 0.25) is 0 Å². The Labute approximate surface area is 233 Å². The molecule has 0 aliphatic heterocycles. The molecule has 0 unspecified atom stereocenters. The summed E-state index contributed by atoms with van der Waals surface area (Å²) in [5, 5.41) is 18.8. The first-order valence-electron chi connectivity index (χ1n) is 11.6. The molecule has 0 saturated heterocycles. The SMILES string of the molecule is [C-]#[N+]C([N+]#[C-])c1nc(-c2cc(C)cc(C(F)(F)F)c2)c(-c2oc(C(C#N)C#N)nc2-c2cc(C)cc(C(F)(F)F)c2)o1. The number of hydrogen-bond acceptors (Lipinski definition) is 6. The fourth-order valence-corrected chi connectivity index (χ4v) is 4.05. The summed E-state index contributed by atoms with van der Waals surface area (Å²) in [4.78, 5) is 14.4. The average Bonchev–Trinajstić information content (AvgIpc) is 3.54. The van der Waals surface area contributed by atoms with Gasteiger partial charge in [-0.2, -0.15) is 41.9 Å². The summed E-state index contributed by atoms with van der Waals surface area (Å²) < 4.78 is 93.2. The smallest absolute Gasteiger partial charge is 0.434 e. The van der Waals surface area contributed by atoms with Gasteiger partial charge in [-0.05, 0) is 61.4 Å². The summed E-state index contributed by atoms with van der Waals surface area (Å²) in [7, 11) is 0. The number of nitriles is 2. The molecule has 0 N–H and O–H groups in total. The molecule has 4 aromatic rings. The predicted octanol–water partition coefficient (Wildman–Crippen LogP) is 8.29. The molecule has 4 rings (SSSR count). The van der Waals surface area contributed by atoms with Crippen LogP contribution in [0.15, 0.2) is 45.2 Å². The molecule has 42 heavy (non-hydrogen) atoms. The summed E-state index contributed by atoms with van der Waals surface area (Å²) in [6.07, 6.45) is -11.2. The van der Waals surface area contributed by atoms with Crippen LogP contribution < -0.4 is 0 Å². The summed E-state index contributed by atoms with van der Waals surface area (Å²) in [5.41, 5.74) is -2.85. The van der Waals surface area contributed by atoms with Crippen LogP contribution in [0.25, 0.3) is 43.7 Å². The molecule has 0 amide bonds. The molecule has 0 atom stereocenters. The molecule has 0 saturated carbocycles. The highest BCUT2D eigenvalue weighted by atomic mass is 19.4. The van der Waals surface area contributed by atoms with E-state index < -0.39 is 58.9 Å². The Morgan fingerprint density at radius 3 is 1.50 bits per heavy atom. The zero-order chi connectivity index (χ0) is 31.0. The lowest BCUT2D eigenvalue weighted by atomic mass is 10.00. The second-order valence-corrected chi connectivity index (χ2v) is 8.95. The van der Waals surface area contributed by atoms with Gasteiger partial charge in [-0.1, -0.05) is 0 Å². The Morgan fingerprint density at radius 2 is 1.12 bits per heavy atom. The predicted molar refractivity (Wildman–Crippen MR) is 132 cm³/mol. The van der Waals surface area contributed by atoms with Gasteiger partial charge in [0.05, 0.1) is 23.3 Å². The van der Waals surface area contributed by atoms with Crippen LogP contribution >= 0.6 is 0 Å². The summed E-state index contributed by atoms with van der Waals surface area (Å²) in [5.74, 6) is -3.63. The van der Waals surface area contributed by atoms with Crippen molar-refractivity contribution in [3.63, 3.8) is 0 Å². The van der Waals surface area contributed by atoms with Gasteiger partial charge in [-0.15, -0.1) is 0 Å². The van der Waals surface area contributed by atoms with Crippen LogP contribution in [0.3, 0.4) is 0 Å². The third-order valence-corrected chi connectivity index (χ3v) is 5.82. The fourth-order valence-electron chi connectivity index (χ4n) is 4.05. The van der Waals surface area contributed by atoms with Crippen molar-refractivity contribution in [2.24, 2.45) is 0 Å². The first-order valence-corrected chi connectivity index (χ1v) is 11.6. The van der Waals surface area contributed by atoms with Gasteiger partial charge in [0.1, 0.15) is 11.4 Å². The number of nitrogens with zero attached hydrogens (tertiary/aromatic N) is 6. The molecule has 0 spiro atoms. The quantitative estimate of drug-likeness (QED) is 0.174. The molecule has 2 aromatic heterocycles. The monoisotopic (exact) mass is 580 g/mol. The van der Waals surface area contributed by atoms with Gasteiger partial charge in [0.2, 0.25) is 17.6 Å². The molecule has 0 aliphatic carbocycles. The molecule has 2 heterocycles. The largest absolute Gasteiger partial charge is 0.553 e. The summed E-state index contributed by atoms with van der Waals surface area (Å²) in [6.45, 7) is 17.3. The van der Waals surface area contributed by atoms with Gasteiger partial charge in [-0.25, -0.2) is 27.8 Å². The van der Waals surface area contributed by atoms with Crippen molar-refractivity contribution in [3.05, 3.63) is 93.3 Å². The van der Waals surface area contributed by atoms with Crippen LogP contribution in [-0.2, 0) is 12.4 Å². The van der Waals surface area contributed by atoms with E-state index in [4.69, 9.17) is 22.0 Å². The molecule has 8 nitrogen and oxygen atoms in total. The van der Waals surface area contributed by atoms with Crippen LogP contribution in [0, 0.1) is 49.7 Å². The lowest BCUT2D eigenvalue weighted by Crippen LogP contribution is -2.05. The Balaban J connectivity index is 2.10. The molecule has 0 radical (unpaired) electrons. The van der Waals surface area contributed by atoms with E-state index in [1.54, 1.807) is 12.1 Å². The highest BCUT2D eigenvalue weighted by Gasteiger charge is 2.37. The van der Waals surface area contributed by atoms with Gasteiger partial charge in [0, 0.05) is 11.1 Å². The van der Waals surface area contributed by atoms with E-state index in [1.807, 2.05) is 0 Å². The Hall–Kier alpha value is -5.60. The molecule has 210 valence electrons. The number of benzene rings is 2. The normalized spacial score (nSPS) is 11.7. The maximum Gasteiger partial charge on any atom is 0.553 e. The number of rotatable bonds is 5. The molecule has 2 aromatic carbocycles. The first-order chi connectivity index (χ1) is 19.7. The molecular weight excluding hydrogens is 566 g/mol. The molecule has 0 bridgehead atoms. The number of aromatic nitrogens is 2. The average molecular weight is 580 g/mol. The van der Waals surface area contributed by atoms with E-state index >= 15 is 0 Å². The standard InChI is InChI=1S/C28H14F6N6O2/c1-13-5-15(9-18(7-13)27(29,30)31)20-22(41-25(39-20)17(11-35)12-36)23-21(40-26(42-23)24(37-3)38-4)16-6-14(2)8-19(10-16)28(32,33)34/h5-10,17,24H,1-2H3. The zero-order valence-corrected chi connectivity index (χ0v) is 21.4. The van der Waals surface area contributed by atoms with Crippen LogP contribution in [0.1, 0.15) is 46.1 Å². The highest BCUT2D eigenvalue weighted by Crippen LogP contribution is 2.44. The van der Waals surface area contributed by atoms with Crippen molar-refractivity contribution in [3.8, 4) is 46.2 Å². The topological polar surface area (TPSA) is 108 Å². The van der Waals surface area contributed by atoms with Gasteiger partial charge < -0.3 is 8.83 Å². The van der Waals surface area contributed by atoms with E-state index in [1.165, 1.54) is 26.0 Å². The minimum absolute atomic E-state index is 0.153. The number of alkyl halides is 6. The Bertz CT molecular complexity index is 1690. The van der Waals surface area contributed by atoms with E-state index in [-0.39, 0.29) is 33.6 Å². The third-order valence-electron chi connectivity index (χ3n) is 5.82. The maximum atomic E-state index is 13.7. The lowest BCUT2D eigenvalue weighted by Gasteiger charge is -2.11. The van der Waals surface area contributed by atoms with Crippen molar-refractivity contribution in [2.75, 3.05) is 0 Å². The van der Waals surface area contributed by atoms with E-state index in [9.17, 15) is 36.9 Å². The van der Waals surface area contributed by atoms with Crippen molar-refractivity contribution >= 4 is 0 Å². The lowest BCUT2D eigenvalue weighted by molar-refractivity contribution is -0.138. The maximum absolute atomic E-state index is 13.7. The Morgan fingerprint density at radius 1 is 0.714 bits per heavy atom. The molecular formula is C28H14F6N6O2. The van der Waals surface area contributed by atoms with Crippen molar-refractivity contribution in [1.82, 2.24) is 9.97 Å². The zero-order valence-electron chi connectivity index (χ0n) is 21.4. The minimum atomic E-state index is -4.77. The van der Waals surface area contributed by atoms with Gasteiger partial charge in [0.15, 0.2) is 5.76 Å². The number of halogens is 6. The minimum Gasteiger partial charge on any atom is -0.434 e. The van der Waals surface area contributed by atoms with Crippen LogP contribution in [-0.4, -0.2) is 9.97 Å². The van der Waals surface area contributed by atoms with Crippen molar-refractivity contribution in [2.45, 2.75) is 38.3 Å². The van der Waals surface area contributed by atoms with Gasteiger partial charge in [-0.3, -0.25) is 0 Å². The number of hydrogen-bond donors (Lipinski definition) is 0. The van der Waals surface area contributed by atoms with Crippen LogP contribution in [0.4, 0.5) is 26.3 Å². The van der Waals surface area contributed by atoms with Crippen LogP contribution in [0.5, 0.6) is 0 Å². The number of aryl methyl sites for hydroxylation is 2. The second-order valence-electron chi connectivity index (χ2n) is 8.95. The van der Waals surface area contributed by atoms with Crippen molar-refractivity contribution < 1.29 is 35.2 Å². The summed E-state index contributed by atoms with van der Waals surface area (Å²) >= 11 is 0. The molecule has 14 heteroatoms. The van der Waals surface area contributed by atoms with Gasteiger partial charge in [0.25, 0.3) is 0 Å². The van der Waals surface area contributed by atoms with E-state index in [2.05, 4.69) is 19.7 Å². The van der Waals surface area contributed by atoms with Crippen molar-refractivity contribution in [1.29, 1.82) is 10.5 Å². The molecule has 0 fully saturated rings. The Kier molecular flexibility index (Phi) is 7.53.